The van der Waals surface area contributed by atoms with Crippen molar-refractivity contribution in [3.63, 3.8) is 0 Å². The van der Waals surface area contributed by atoms with Gasteiger partial charge >= 0.3 is 0 Å². The molecule has 0 aromatic heterocycles. The third-order valence-corrected chi connectivity index (χ3v) is 5.06. The Balaban J connectivity index is 2.28. The predicted molar refractivity (Wildman–Crippen MR) is 97.2 cm³/mol. The van der Waals surface area contributed by atoms with Crippen molar-refractivity contribution in [3.05, 3.63) is 52.0 Å². The third-order valence-electron chi connectivity index (χ3n) is 3.34. The highest BCUT2D eigenvalue weighted by atomic mass is 79.9. The maximum atomic E-state index is 12.4. The van der Waals surface area contributed by atoms with Crippen molar-refractivity contribution < 1.29 is 22.7 Å². The highest BCUT2D eigenvalue weighted by molar-refractivity contribution is 9.10. The first-order valence-electron chi connectivity index (χ1n) is 7.06. The number of primary sulfonamides is 1. The number of nitrogens with two attached hydrogens (primary N) is 1. The van der Waals surface area contributed by atoms with E-state index in [9.17, 15) is 13.2 Å². The molecular weight excluding hydrogens is 412 g/mol. The smallest absolute Gasteiger partial charge is 0.255 e. The molecular formula is C16H17BrN2O5S. The lowest BCUT2D eigenvalue weighted by Gasteiger charge is -2.11. The quantitative estimate of drug-likeness (QED) is 0.734. The Kier molecular flexibility index (Phi) is 6.17. The number of rotatable bonds is 6. The molecule has 1 amide bonds. The van der Waals surface area contributed by atoms with Crippen molar-refractivity contribution in [1.82, 2.24) is 0 Å². The van der Waals surface area contributed by atoms with Crippen LogP contribution in [0.2, 0.25) is 0 Å². The van der Waals surface area contributed by atoms with Crippen LogP contribution >= 0.6 is 15.9 Å². The van der Waals surface area contributed by atoms with Crippen LogP contribution in [-0.2, 0) is 21.4 Å². The average Bonchev–Trinajstić information content (AvgIpc) is 2.55. The zero-order chi connectivity index (χ0) is 18.6. The normalized spacial score (nSPS) is 11.2. The minimum absolute atomic E-state index is 0.0520. The molecule has 134 valence electrons. The lowest BCUT2D eigenvalue weighted by atomic mass is 10.1. The minimum Gasteiger partial charge on any atom is -0.495 e. The van der Waals surface area contributed by atoms with Gasteiger partial charge in [-0.2, -0.15) is 0 Å². The number of ether oxygens (including phenoxy) is 2. The molecule has 0 unspecified atom stereocenters. The van der Waals surface area contributed by atoms with E-state index in [-0.39, 0.29) is 16.6 Å². The van der Waals surface area contributed by atoms with Crippen molar-refractivity contribution in [1.29, 1.82) is 0 Å². The number of benzene rings is 2. The number of nitrogens with one attached hydrogen (secondary N) is 1. The van der Waals surface area contributed by atoms with Gasteiger partial charge in [-0.15, -0.1) is 0 Å². The van der Waals surface area contributed by atoms with E-state index in [0.29, 0.717) is 17.9 Å². The van der Waals surface area contributed by atoms with E-state index in [2.05, 4.69) is 21.2 Å². The summed E-state index contributed by atoms with van der Waals surface area (Å²) in [5.74, 6) is -0.300. The predicted octanol–water partition coefficient (Wildman–Crippen LogP) is 2.50. The summed E-state index contributed by atoms with van der Waals surface area (Å²) in [4.78, 5) is 12.3. The highest BCUT2D eigenvalue weighted by Gasteiger charge is 2.16. The molecule has 0 fully saturated rings. The lowest BCUT2D eigenvalue weighted by molar-refractivity contribution is 0.102. The summed E-state index contributed by atoms with van der Waals surface area (Å²) < 4.78 is 33.9. The largest absolute Gasteiger partial charge is 0.495 e. The summed E-state index contributed by atoms with van der Waals surface area (Å²) in [6.07, 6.45) is 0. The van der Waals surface area contributed by atoms with E-state index in [1.807, 2.05) is 0 Å². The van der Waals surface area contributed by atoms with E-state index in [4.69, 9.17) is 14.6 Å². The standard InChI is InChI=1S/C16H17BrN2O5S/c1-23-9-11-7-10(3-5-13(11)17)16(20)19-12-4-6-15(25(18,21)22)14(8-12)24-2/h3-8H,9H2,1-2H3,(H,19,20)(H2,18,21,22). The maximum Gasteiger partial charge on any atom is 0.255 e. The van der Waals surface area contributed by atoms with Gasteiger partial charge in [-0.3, -0.25) is 4.79 Å². The van der Waals surface area contributed by atoms with Gasteiger partial charge in [-0.1, -0.05) is 15.9 Å². The summed E-state index contributed by atoms with van der Waals surface area (Å²) in [5, 5.41) is 7.81. The Labute approximate surface area is 154 Å². The molecule has 0 saturated carbocycles. The number of hydrogen-bond donors (Lipinski definition) is 2. The number of hydrogen-bond acceptors (Lipinski definition) is 5. The second-order valence-corrected chi connectivity index (χ2v) is 7.49. The van der Waals surface area contributed by atoms with Crippen molar-refractivity contribution in [2.24, 2.45) is 5.14 Å². The Morgan fingerprint density at radius 2 is 1.92 bits per heavy atom. The molecule has 0 radical (unpaired) electrons. The molecule has 25 heavy (non-hydrogen) atoms. The van der Waals surface area contributed by atoms with Crippen LogP contribution in [0.25, 0.3) is 0 Å². The van der Waals surface area contributed by atoms with Gasteiger partial charge in [0.2, 0.25) is 10.0 Å². The van der Waals surface area contributed by atoms with Crippen LogP contribution in [0.15, 0.2) is 45.8 Å². The van der Waals surface area contributed by atoms with Gasteiger partial charge in [-0.25, -0.2) is 13.6 Å². The molecule has 2 aromatic carbocycles. The monoisotopic (exact) mass is 428 g/mol. The number of halogens is 1. The SMILES string of the molecule is COCc1cc(C(=O)Nc2ccc(S(N)(=O)=O)c(OC)c2)ccc1Br. The fourth-order valence-electron chi connectivity index (χ4n) is 2.17. The molecule has 3 N–H and O–H groups in total. The maximum absolute atomic E-state index is 12.4. The third kappa shape index (κ3) is 4.79. The van der Waals surface area contributed by atoms with Crippen LogP contribution in [0.5, 0.6) is 5.75 Å². The lowest BCUT2D eigenvalue weighted by Crippen LogP contribution is -2.15. The summed E-state index contributed by atoms with van der Waals surface area (Å²) >= 11 is 3.40. The number of methoxy groups -OCH3 is 2. The zero-order valence-electron chi connectivity index (χ0n) is 13.6. The topological polar surface area (TPSA) is 108 Å². The highest BCUT2D eigenvalue weighted by Crippen LogP contribution is 2.27. The molecule has 0 spiro atoms. The molecule has 2 rings (SSSR count). The van der Waals surface area contributed by atoms with Crippen molar-refractivity contribution in [2.45, 2.75) is 11.5 Å². The Hall–Kier alpha value is -1.94. The Bertz CT molecular complexity index is 899. The summed E-state index contributed by atoms with van der Waals surface area (Å²) in [6.45, 7) is 0.360. The van der Waals surface area contributed by atoms with Gasteiger partial charge in [0.15, 0.2) is 0 Å². The molecule has 0 saturated heterocycles. The molecule has 7 nitrogen and oxygen atoms in total. The van der Waals surface area contributed by atoms with Crippen LogP contribution in [0, 0.1) is 0 Å². The first kappa shape index (κ1) is 19.4. The van der Waals surface area contributed by atoms with E-state index in [1.54, 1.807) is 25.3 Å². The molecule has 0 heterocycles. The molecule has 9 heteroatoms. The first-order chi connectivity index (χ1) is 11.8. The second kappa shape index (κ2) is 7.96. The van der Waals surface area contributed by atoms with Crippen LogP contribution in [-0.4, -0.2) is 28.5 Å². The summed E-state index contributed by atoms with van der Waals surface area (Å²) in [5.41, 5.74) is 1.65. The number of anilines is 1. The van der Waals surface area contributed by atoms with E-state index in [1.165, 1.54) is 25.3 Å². The molecule has 0 aliphatic rings. The van der Waals surface area contributed by atoms with Crippen molar-refractivity contribution >= 4 is 37.5 Å². The van der Waals surface area contributed by atoms with E-state index >= 15 is 0 Å². The van der Waals surface area contributed by atoms with Gasteiger partial charge in [0.1, 0.15) is 10.6 Å². The number of sulfonamides is 1. The number of carbonyl (C=O) groups excluding carboxylic acids is 1. The Morgan fingerprint density at radius 3 is 2.52 bits per heavy atom. The van der Waals surface area contributed by atoms with Gasteiger partial charge in [0, 0.05) is 28.9 Å². The first-order valence-corrected chi connectivity index (χ1v) is 9.39. The van der Waals surface area contributed by atoms with Crippen LogP contribution in [0.1, 0.15) is 15.9 Å². The summed E-state index contributed by atoms with van der Waals surface area (Å²) in [6, 6.07) is 9.24. The molecule has 0 aliphatic heterocycles. The average molecular weight is 429 g/mol. The molecule has 0 bridgehead atoms. The zero-order valence-corrected chi connectivity index (χ0v) is 16.0. The van der Waals surface area contributed by atoms with Crippen molar-refractivity contribution in [3.8, 4) is 5.75 Å². The molecule has 0 aliphatic carbocycles. The van der Waals surface area contributed by atoms with Crippen molar-refractivity contribution in [2.75, 3.05) is 19.5 Å². The van der Waals surface area contributed by atoms with Gasteiger partial charge in [-0.05, 0) is 35.9 Å². The number of amides is 1. The molecule has 2 aromatic rings. The fraction of sp³-hybridized carbons (Fsp3) is 0.188. The van der Waals surface area contributed by atoms with Gasteiger partial charge in [0.05, 0.1) is 13.7 Å². The van der Waals surface area contributed by atoms with Gasteiger partial charge < -0.3 is 14.8 Å². The fourth-order valence-corrected chi connectivity index (χ4v) is 3.21. The number of carbonyl (C=O) groups is 1. The van der Waals surface area contributed by atoms with Crippen LogP contribution in [0.3, 0.4) is 0 Å². The van der Waals surface area contributed by atoms with Crippen LogP contribution < -0.4 is 15.2 Å². The van der Waals surface area contributed by atoms with E-state index < -0.39 is 10.0 Å². The second-order valence-electron chi connectivity index (χ2n) is 5.10. The summed E-state index contributed by atoms with van der Waals surface area (Å²) in [7, 11) is -1.03. The minimum atomic E-state index is -3.92. The van der Waals surface area contributed by atoms with Gasteiger partial charge in [0.25, 0.3) is 5.91 Å². The van der Waals surface area contributed by atoms with E-state index in [0.717, 1.165) is 10.0 Å². The Morgan fingerprint density at radius 1 is 1.20 bits per heavy atom. The molecule has 0 atom stereocenters. The van der Waals surface area contributed by atoms with Crippen LogP contribution in [0.4, 0.5) is 5.69 Å².